The summed E-state index contributed by atoms with van der Waals surface area (Å²) < 4.78 is 0. The maximum absolute atomic E-state index is 3.31. The maximum Gasteiger partial charge on any atom is 0.0767 e. The van der Waals surface area contributed by atoms with Crippen LogP contribution in [0.15, 0.2) is 0 Å². The zero-order chi connectivity index (χ0) is 11.7. The molecule has 0 bridgehead atoms. The molecule has 0 amide bonds. The Morgan fingerprint density at radius 3 is 2.00 bits per heavy atom. The predicted octanol–water partition coefficient (Wildman–Crippen LogP) is 5.31. The maximum atomic E-state index is 3.31. The highest BCUT2D eigenvalue weighted by Gasteiger charge is 2.04. The molecule has 4 heteroatoms. The third-order valence-electron chi connectivity index (χ3n) is 1.24. The van der Waals surface area contributed by atoms with Crippen molar-refractivity contribution in [3.05, 3.63) is 0 Å². The lowest BCUT2D eigenvalue weighted by atomic mass is 10.3. The lowest BCUT2D eigenvalue weighted by molar-refractivity contribution is 1.01. The zero-order valence-electron chi connectivity index (χ0n) is 10.1. The lowest BCUT2D eigenvalue weighted by Gasteiger charge is -2.08. The van der Waals surface area contributed by atoms with Gasteiger partial charge in [0.2, 0.25) is 0 Å². The van der Waals surface area contributed by atoms with Crippen molar-refractivity contribution in [2.75, 3.05) is 0 Å². The van der Waals surface area contributed by atoms with Crippen LogP contribution < -0.4 is 0 Å². The fourth-order valence-corrected chi connectivity index (χ4v) is 4.18. The summed E-state index contributed by atoms with van der Waals surface area (Å²) in [5.41, 5.74) is 0. The zero-order valence-corrected chi connectivity index (χ0v) is 13.3. The molecule has 0 N–H and O–H groups in total. The molecule has 0 aromatic carbocycles. The van der Waals surface area contributed by atoms with Gasteiger partial charge in [0.15, 0.2) is 0 Å². The molecule has 1 atom stereocenters. The van der Waals surface area contributed by atoms with Crippen LogP contribution in [0.2, 0.25) is 0 Å². The van der Waals surface area contributed by atoms with Crippen LogP contribution in [0.1, 0.15) is 41.0 Å². The van der Waals surface area contributed by atoms with Crippen molar-refractivity contribution in [2.24, 2.45) is 0 Å². The summed E-state index contributed by atoms with van der Waals surface area (Å²) in [5.74, 6) is 3.31. The van der Waals surface area contributed by atoms with Crippen molar-refractivity contribution in [1.82, 2.24) is 0 Å². The molecule has 0 radical (unpaired) electrons. The molecule has 0 saturated carbocycles. The lowest BCUT2D eigenvalue weighted by Crippen LogP contribution is -1.95. The van der Waals surface area contributed by atoms with Crippen LogP contribution >= 0.6 is 43.2 Å². The average molecular weight is 281 g/mol. The van der Waals surface area contributed by atoms with Gasteiger partial charge in [-0.15, -0.1) is 0 Å². The summed E-state index contributed by atoms with van der Waals surface area (Å²) in [5, 5.41) is 5.01. The third-order valence-corrected chi connectivity index (χ3v) is 6.98. The molecule has 0 fully saturated rings. The quantitative estimate of drug-likeness (QED) is 0.477. The van der Waals surface area contributed by atoms with E-state index in [9.17, 15) is 0 Å². The minimum absolute atomic E-state index is 0.484. The smallest absolute Gasteiger partial charge is 0.0767 e. The van der Waals surface area contributed by atoms with Gasteiger partial charge in [0, 0.05) is 10.5 Å². The van der Waals surface area contributed by atoms with E-state index in [2.05, 4.69) is 45.8 Å². The standard InChI is InChI=1S/C11H20S4/c1-6-11(15-14-10(4)5)7-8-12-13-9(2)3/h9-11H,6H2,1-5H3. The normalized spacial score (nSPS) is 12.7. The summed E-state index contributed by atoms with van der Waals surface area (Å²) in [6, 6.07) is 0. The molecule has 0 aromatic heterocycles. The molecule has 0 spiro atoms. The number of hydrogen-bond donors (Lipinski definition) is 0. The molecule has 0 rings (SSSR count). The molecule has 88 valence electrons. The molecule has 1 unspecified atom stereocenters. The van der Waals surface area contributed by atoms with Crippen molar-refractivity contribution < 1.29 is 0 Å². The molecule has 0 heterocycles. The van der Waals surface area contributed by atoms with Crippen LogP contribution in [-0.2, 0) is 0 Å². The second-order valence-corrected chi connectivity index (χ2v) is 9.25. The van der Waals surface area contributed by atoms with Crippen molar-refractivity contribution in [3.63, 3.8) is 0 Å². The molecule has 0 aliphatic rings. The van der Waals surface area contributed by atoms with Gasteiger partial charge in [0.25, 0.3) is 0 Å². The van der Waals surface area contributed by atoms with E-state index in [1.54, 1.807) is 10.8 Å². The second-order valence-electron chi connectivity index (χ2n) is 3.61. The minimum atomic E-state index is 0.484. The molecular formula is C11H20S4. The highest BCUT2D eigenvalue weighted by Crippen LogP contribution is 2.32. The van der Waals surface area contributed by atoms with Gasteiger partial charge in [-0.2, -0.15) is 0 Å². The van der Waals surface area contributed by atoms with E-state index in [0.29, 0.717) is 15.7 Å². The first-order chi connectivity index (χ1) is 7.06. The molecule has 0 aliphatic heterocycles. The van der Waals surface area contributed by atoms with Crippen LogP contribution in [0, 0.1) is 11.2 Å². The minimum Gasteiger partial charge on any atom is -0.0900 e. The topological polar surface area (TPSA) is 0 Å². The fraction of sp³-hybridized carbons (Fsp3) is 0.818. The first kappa shape index (κ1) is 16.0. The van der Waals surface area contributed by atoms with E-state index in [0.717, 1.165) is 6.42 Å². The summed E-state index contributed by atoms with van der Waals surface area (Å²) >= 11 is 0. The van der Waals surface area contributed by atoms with Crippen LogP contribution in [0.4, 0.5) is 0 Å². The molecule has 0 aromatic rings. The van der Waals surface area contributed by atoms with Gasteiger partial charge in [-0.3, -0.25) is 0 Å². The number of rotatable bonds is 6. The first-order valence-corrected chi connectivity index (χ1v) is 9.70. The van der Waals surface area contributed by atoms with Gasteiger partial charge < -0.3 is 0 Å². The van der Waals surface area contributed by atoms with Gasteiger partial charge in [0.1, 0.15) is 0 Å². The Morgan fingerprint density at radius 2 is 1.53 bits per heavy atom. The van der Waals surface area contributed by atoms with E-state index in [-0.39, 0.29) is 0 Å². The Labute approximate surface area is 111 Å². The predicted molar refractivity (Wildman–Crippen MR) is 82.5 cm³/mol. The molecule has 0 nitrogen and oxygen atoms in total. The summed E-state index contributed by atoms with van der Waals surface area (Å²) in [6.45, 7) is 11.0. The molecule has 15 heavy (non-hydrogen) atoms. The average Bonchev–Trinajstić information content (AvgIpc) is 2.16. The Hall–Kier alpha value is 0.960. The Balaban J connectivity index is 3.76. The van der Waals surface area contributed by atoms with Gasteiger partial charge in [-0.1, -0.05) is 72.9 Å². The van der Waals surface area contributed by atoms with Crippen molar-refractivity contribution in [3.8, 4) is 11.2 Å². The summed E-state index contributed by atoms with van der Waals surface area (Å²) in [7, 11) is 7.34. The first-order valence-electron chi connectivity index (χ1n) is 5.21. The van der Waals surface area contributed by atoms with Gasteiger partial charge in [-0.05, 0) is 22.5 Å². The van der Waals surface area contributed by atoms with Gasteiger partial charge in [0.05, 0.1) is 5.25 Å². The highest BCUT2D eigenvalue weighted by molar-refractivity contribution is 8.78. The van der Waals surface area contributed by atoms with Crippen LogP contribution in [0.5, 0.6) is 0 Å². The van der Waals surface area contributed by atoms with Crippen molar-refractivity contribution in [1.29, 1.82) is 0 Å². The Kier molecular flexibility index (Phi) is 10.8. The van der Waals surface area contributed by atoms with Crippen LogP contribution in [0.25, 0.3) is 0 Å². The van der Waals surface area contributed by atoms with E-state index >= 15 is 0 Å². The second kappa shape index (κ2) is 10.1. The van der Waals surface area contributed by atoms with E-state index in [4.69, 9.17) is 0 Å². The largest absolute Gasteiger partial charge is 0.0900 e. The molecule has 0 aliphatic carbocycles. The SMILES string of the molecule is CCC(C#CSSC(C)C)SSC(C)C. The summed E-state index contributed by atoms with van der Waals surface area (Å²) in [6.07, 6.45) is 1.13. The monoisotopic (exact) mass is 280 g/mol. The fourth-order valence-electron chi connectivity index (χ4n) is 0.582. The van der Waals surface area contributed by atoms with E-state index < -0.39 is 0 Å². The van der Waals surface area contributed by atoms with E-state index in [1.165, 1.54) is 0 Å². The van der Waals surface area contributed by atoms with Gasteiger partial charge >= 0.3 is 0 Å². The molecular weight excluding hydrogens is 260 g/mol. The van der Waals surface area contributed by atoms with E-state index in [1.807, 2.05) is 32.4 Å². The number of hydrogen-bond acceptors (Lipinski definition) is 4. The Bertz CT molecular complexity index is 202. The highest BCUT2D eigenvalue weighted by atomic mass is 33.1. The van der Waals surface area contributed by atoms with Gasteiger partial charge in [-0.25, -0.2) is 0 Å². The third kappa shape index (κ3) is 11.2. The van der Waals surface area contributed by atoms with Crippen molar-refractivity contribution >= 4 is 43.2 Å². The van der Waals surface area contributed by atoms with Crippen LogP contribution in [0.3, 0.4) is 0 Å². The van der Waals surface area contributed by atoms with Crippen molar-refractivity contribution in [2.45, 2.75) is 56.8 Å². The Morgan fingerprint density at radius 1 is 0.933 bits per heavy atom. The van der Waals surface area contributed by atoms with Crippen LogP contribution in [-0.4, -0.2) is 15.7 Å². The molecule has 0 saturated heterocycles. The summed E-state index contributed by atoms with van der Waals surface area (Å²) in [4.78, 5) is 0.